The molecule has 0 fully saturated rings. The minimum atomic E-state index is 0.488. The van der Waals surface area contributed by atoms with Crippen molar-refractivity contribution < 1.29 is 4.42 Å². The van der Waals surface area contributed by atoms with Gasteiger partial charge < -0.3 is 4.42 Å². The summed E-state index contributed by atoms with van der Waals surface area (Å²) in [6.07, 6.45) is 3.78. The highest BCUT2D eigenvalue weighted by Gasteiger charge is 2.14. The molecule has 0 aliphatic carbocycles. The number of nitrogens with zero attached hydrogens (tertiary/aromatic N) is 2. The van der Waals surface area contributed by atoms with Gasteiger partial charge in [0.05, 0.1) is 5.69 Å². The number of pyridine rings is 2. The van der Waals surface area contributed by atoms with Crippen LogP contribution >= 0.6 is 0 Å². The summed E-state index contributed by atoms with van der Waals surface area (Å²) < 4.78 is 6.08. The average Bonchev–Trinajstić information content (AvgIpc) is 3.16. The smallest absolute Gasteiger partial charge is 0.227 e. The van der Waals surface area contributed by atoms with Gasteiger partial charge in [-0.15, -0.1) is 0 Å². The molecule has 5 rings (SSSR count). The van der Waals surface area contributed by atoms with Gasteiger partial charge in [-0.3, -0.25) is 4.98 Å². The lowest BCUT2D eigenvalue weighted by Crippen LogP contribution is -2.02. The molecule has 3 aromatic heterocycles. The van der Waals surface area contributed by atoms with E-state index in [-0.39, 0.29) is 0 Å². The van der Waals surface area contributed by atoms with E-state index in [9.17, 15) is 0 Å². The highest BCUT2D eigenvalue weighted by atomic mass is 16.3. The molecule has 0 spiro atoms. The largest absolute Gasteiger partial charge is 0.438 e. The molecule has 0 bridgehead atoms. The minimum absolute atomic E-state index is 0.488. The van der Waals surface area contributed by atoms with Gasteiger partial charge in [-0.2, -0.15) is 0 Å². The molecule has 5 aromatic rings. The van der Waals surface area contributed by atoms with E-state index in [2.05, 4.69) is 79.3 Å². The van der Waals surface area contributed by atoms with Crippen LogP contribution in [0.1, 0.15) is 32.3 Å². The number of rotatable bonds is 4. The summed E-state index contributed by atoms with van der Waals surface area (Å²) in [4.78, 5) is 9.18. The van der Waals surface area contributed by atoms with E-state index in [0.29, 0.717) is 17.5 Å². The molecule has 2 aromatic carbocycles. The highest BCUT2D eigenvalue weighted by molar-refractivity contribution is 6.05. The Labute approximate surface area is 176 Å². The molecule has 30 heavy (non-hydrogen) atoms. The second kappa shape index (κ2) is 7.42. The summed E-state index contributed by atoms with van der Waals surface area (Å²) in [5, 5.41) is 2.11. The normalized spacial score (nSPS) is 12.7. The third-order valence-electron chi connectivity index (χ3n) is 6.04. The van der Waals surface area contributed by atoms with Gasteiger partial charge in [0.25, 0.3) is 0 Å². The number of hydrogen-bond acceptors (Lipinski definition) is 3. The Kier molecular flexibility index (Phi) is 4.59. The van der Waals surface area contributed by atoms with Crippen LogP contribution in [0.5, 0.6) is 0 Å². The molecule has 0 saturated carbocycles. The Hall–Kier alpha value is -3.46. The van der Waals surface area contributed by atoms with Crippen molar-refractivity contribution in [2.45, 2.75) is 26.7 Å². The topological polar surface area (TPSA) is 38.9 Å². The SMILES string of the molecule is CC(C)C(C)c1ccnc(-c2ccc3c(c2)oc2ncc(-c4ccccc4)cc23)c1. The van der Waals surface area contributed by atoms with Crippen LogP contribution in [0, 0.1) is 5.92 Å². The van der Waals surface area contributed by atoms with Gasteiger partial charge in [0.15, 0.2) is 0 Å². The second-order valence-electron chi connectivity index (χ2n) is 8.26. The summed E-state index contributed by atoms with van der Waals surface area (Å²) in [6, 6.07) is 23.1. The van der Waals surface area contributed by atoms with E-state index in [1.165, 1.54) is 5.56 Å². The summed E-state index contributed by atoms with van der Waals surface area (Å²) in [6.45, 7) is 6.77. The lowest BCUT2D eigenvalue weighted by atomic mass is 9.90. The standard InChI is InChI=1S/C27H24N2O/c1-17(2)18(3)20-11-12-28-25(14-20)21-9-10-23-24-13-22(19-7-5-4-6-8-19)16-29-27(24)30-26(23)15-21/h4-18H,1-3H3. The first-order chi connectivity index (χ1) is 14.6. The van der Waals surface area contributed by atoms with E-state index in [1.807, 2.05) is 30.6 Å². The highest BCUT2D eigenvalue weighted by Crippen LogP contribution is 2.34. The Bertz CT molecular complexity index is 1340. The molecule has 0 aliphatic rings. The van der Waals surface area contributed by atoms with Crippen LogP contribution in [0.25, 0.3) is 44.5 Å². The first kappa shape index (κ1) is 18.6. The van der Waals surface area contributed by atoms with Crippen LogP contribution in [0.2, 0.25) is 0 Å². The summed E-state index contributed by atoms with van der Waals surface area (Å²) in [5.74, 6) is 1.07. The van der Waals surface area contributed by atoms with Crippen LogP contribution in [0.4, 0.5) is 0 Å². The molecular formula is C27H24N2O. The summed E-state index contributed by atoms with van der Waals surface area (Å²) >= 11 is 0. The van der Waals surface area contributed by atoms with Gasteiger partial charge >= 0.3 is 0 Å². The van der Waals surface area contributed by atoms with Crippen molar-refractivity contribution in [3.8, 4) is 22.4 Å². The number of hydrogen-bond donors (Lipinski definition) is 0. The molecule has 0 saturated heterocycles. The van der Waals surface area contributed by atoms with Crippen molar-refractivity contribution in [2.75, 3.05) is 0 Å². The minimum Gasteiger partial charge on any atom is -0.438 e. The molecular weight excluding hydrogens is 368 g/mol. The predicted octanol–water partition coefficient (Wildman–Crippen LogP) is 7.47. The quantitative estimate of drug-likeness (QED) is 0.318. The third-order valence-corrected chi connectivity index (χ3v) is 6.04. The van der Waals surface area contributed by atoms with E-state index < -0.39 is 0 Å². The van der Waals surface area contributed by atoms with E-state index in [4.69, 9.17) is 4.42 Å². The Balaban J connectivity index is 1.58. The van der Waals surface area contributed by atoms with Crippen molar-refractivity contribution in [1.82, 2.24) is 9.97 Å². The van der Waals surface area contributed by atoms with Crippen molar-refractivity contribution >= 4 is 22.1 Å². The molecule has 0 N–H and O–H groups in total. The van der Waals surface area contributed by atoms with Crippen LogP contribution < -0.4 is 0 Å². The fourth-order valence-electron chi connectivity index (χ4n) is 3.88. The van der Waals surface area contributed by atoms with Gasteiger partial charge in [-0.25, -0.2) is 4.98 Å². The number of furan rings is 1. The molecule has 1 atom stereocenters. The van der Waals surface area contributed by atoms with Crippen molar-refractivity contribution in [3.63, 3.8) is 0 Å². The number of benzene rings is 2. The molecule has 0 amide bonds. The van der Waals surface area contributed by atoms with Crippen molar-refractivity contribution in [3.05, 3.63) is 84.7 Å². The van der Waals surface area contributed by atoms with Crippen LogP contribution in [0.3, 0.4) is 0 Å². The lowest BCUT2D eigenvalue weighted by Gasteiger charge is -2.16. The van der Waals surface area contributed by atoms with Crippen molar-refractivity contribution in [2.24, 2.45) is 5.92 Å². The number of fused-ring (bicyclic) bond motifs is 3. The Morgan fingerprint density at radius 1 is 0.733 bits per heavy atom. The Morgan fingerprint density at radius 3 is 2.37 bits per heavy atom. The van der Waals surface area contributed by atoms with E-state index in [0.717, 1.165) is 38.7 Å². The third kappa shape index (κ3) is 3.26. The zero-order valence-electron chi connectivity index (χ0n) is 17.5. The molecule has 1 unspecified atom stereocenters. The summed E-state index contributed by atoms with van der Waals surface area (Å²) in [5.41, 5.74) is 7.09. The lowest BCUT2D eigenvalue weighted by molar-refractivity contribution is 0.535. The maximum Gasteiger partial charge on any atom is 0.227 e. The zero-order valence-corrected chi connectivity index (χ0v) is 17.5. The first-order valence-corrected chi connectivity index (χ1v) is 10.4. The molecule has 3 heterocycles. The maximum absolute atomic E-state index is 6.08. The van der Waals surface area contributed by atoms with Gasteiger partial charge in [-0.05, 0) is 53.3 Å². The van der Waals surface area contributed by atoms with Crippen molar-refractivity contribution in [1.29, 1.82) is 0 Å². The second-order valence-corrected chi connectivity index (χ2v) is 8.26. The summed E-state index contributed by atoms with van der Waals surface area (Å²) in [7, 11) is 0. The maximum atomic E-state index is 6.08. The fraction of sp³-hybridized carbons (Fsp3) is 0.185. The fourth-order valence-corrected chi connectivity index (χ4v) is 3.88. The first-order valence-electron chi connectivity index (χ1n) is 10.4. The monoisotopic (exact) mass is 392 g/mol. The van der Waals surface area contributed by atoms with E-state index in [1.54, 1.807) is 0 Å². The zero-order chi connectivity index (χ0) is 20.7. The van der Waals surface area contributed by atoms with E-state index >= 15 is 0 Å². The van der Waals surface area contributed by atoms with Crippen LogP contribution in [-0.2, 0) is 0 Å². The predicted molar refractivity (Wildman–Crippen MR) is 123 cm³/mol. The van der Waals surface area contributed by atoms with Gasteiger partial charge in [0.1, 0.15) is 5.58 Å². The molecule has 0 aliphatic heterocycles. The molecule has 0 radical (unpaired) electrons. The Morgan fingerprint density at radius 2 is 1.57 bits per heavy atom. The molecule has 3 nitrogen and oxygen atoms in total. The van der Waals surface area contributed by atoms with Gasteiger partial charge in [0, 0.05) is 34.3 Å². The number of aromatic nitrogens is 2. The van der Waals surface area contributed by atoms with Gasteiger partial charge in [-0.1, -0.05) is 57.2 Å². The van der Waals surface area contributed by atoms with Crippen LogP contribution in [-0.4, -0.2) is 9.97 Å². The van der Waals surface area contributed by atoms with Crippen LogP contribution in [0.15, 0.2) is 83.5 Å². The molecule has 3 heteroatoms. The van der Waals surface area contributed by atoms with Gasteiger partial charge in [0.2, 0.25) is 5.71 Å². The molecule has 148 valence electrons. The average molecular weight is 393 g/mol.